The average Bonchev–Trinajstić information content (AvgIpc) is 2.63. The van der Waals surface area contributed by atoms with E-state index in [0.29, 0.717) is 5.69 Å². The molecule has 0 radical (unpaired) electrons. The Bertz CT molecular complexity index is 756. The summed E-state index contributed by atoms with van der Waals surface area (Å²) in [6.45, 7) is 0.247. The predicted octanol–water partition coefficient (Wildman–Crippen LogP) is 4.25. The molecule has 0 aromatic heterocycles. The second-order valence-corrected chi connectivity index (χ2v) is 5.88. The molecular formula is C15H12Cl2N2O7. The molecule has 0 spiro atoms. The van der Waals surface area contributed by atoms with E-state index in [0.717, 1.165) is 0 Å². The molecule has 9 nitrogen and oxygen atoms in total. The van der Waals surface area contributed by atoms with Crippen molar-refractivity contribution in [2.45, 2.75) is 4.84 Å². The summed E-state index contributed by atoms with van der Waals surface area (Å²) in [6, 6.07) is 11.4. The van der Waals surface area contributed by atoms with Gasteiger partial charge in [0.1, 0.15) is 4.84 Å². The van der Waals surface area contributed by atoms with Gasteiger partial charge in [0.25, 0.3) is 5.69 Å². The number of carbonyl (C=O) groups excluding carboxylic acids is 1. The molecule has 2 aromatic carbocycles. The van der Waals surface area contributed by atoms with E-state index in [1.54, 1.807) is 18.2 Å². The summed E-state index contributed by atoms with van der Waals surface area (Å²) >= 11 is 11.3. The first-order valence-electron chi connectivity index (χ1n) is 7.04. The third-order valence-corrected chi connectivity index (χ3v) is 3.10. The number of nitrogens with zero attached hydrogens (tertiary/aromatic N) is 1. The number of halogens is 2. The highest BCUT2D eigenvalue weighted by atomic mass is 35.5. The third-order valence-electron chi connectivity index (χ3n) is 2.79. The molecular weight excluding hydrogens is 391 g/mol. The number of rotatable bonds is 8. The Morgan fingerprint density at radius 3 is 2.38 bits per heavy atom. The molecule has 0 aliphatic rings. The summed E-state index contributed by atoms with van der Waals surface area (Å²) in [7, 11) is 0. The van der Waals surface area contributed by atoms with Gasteiger partial charge in [0, 0.05) is 18.7 Å². The van der Waals surface area contributed by atoms with E-state index in [4.69, 9.17) is 28.1 Å². The van der Waals surface area contributed by atoms with Gasteiger partial charge in [-0.25, -0.2) is 9.78 Å². The summed E-state index contributed by atoms with van der Waals surface area (Å²) in [5, 5.41) is 13.4. The summed E-state index contributed by atoms with van der Waals surface area (Å²) in [6.07, 6.45) is -1.29. The van der Waals surface area contributed by atoms with Gasteiger partial charge in [-0.1, -0.05) is 12.1 Å². The van der Waals surface area contributed by atoms with Gasteiger partial charge in [-0.05, 0) is 24.3 Å². The lowest BCUT2D eigenvalue weighted by Gasteiger charge is -2.11. The van der Waals surface area contributed by atoms with Crippen molar-refractivity contribution in [1.29, 1.82) is 0 Å². The van der Waals surface area contributed by atoms with Crippen molar-refractivity contribution in [3.63, 3.8) is 0 Å². The number of non-ortho nitro benzene ring substituents is 1. The lowest BCUT2D eigenvalue weighted by atomic mass is 10.3. The molecule has 0 unspecified atom stereocenters. The molecule has 1 N–H and O–H groups in total. The van der Waals surface area contributed by atoms with Crippen LogP contribution in [0, 0.1) is 10.1 Å². The first-order valence-corrected chi connectivity index (χ1v) is 7.91. The van der Waals surface area contributed by atoms with Crippen LogP contribution in [-0.4, -0.2) is 22.5 Å². The Morgan fingerprint density at radius 2 is 1.73 bits per heavy atom. The number of hydrogen-bond donors (Lipinski definition) is 1. The summed E-state index contributed by atoms with van der Waals surface area (Å²) in [4.78, 5) is 39.2. The van der Waals surface area contributed by atoms with Gasteiger partial charge in [-0.3, -0.25) is 19.9 Å². The molecule has 0 bridgehead atoms. The molecule has 2 aromatic rings. The van der Waals surface area contributed by atoms with Gasteiger partial charge in [-0.2, -0.15) is 4.79 Å². The van der Waals surface area contributed by atoms with E-state index in [1.807, 2.05) is 0 Å². The van der Waals surface area contributed by atoms with Crippen molar-refractivity contribution in [3.05, 3.63) is 58.6 Å². The third kappa shape index (κ3) is 6.19. The lowest BCUT2D eigenvalue weighted by molar-refractivity contribution is -0.384. The number of hydrogen-bond acceptors (Lipinski definition) is 8. The van der Waals surface area contributed by atoms with Crippen molar-refractivity contribution in [3.8, 4) is 11.5 Å². The highest BCUT2D eigenvalue weighted by Gasteiger charge is 2.13. The predicted molar refractivity (Wildman–Crippen MR) is 92.3 cm³/mol. The van der Waals surface area contributed by atoms with Gasteiger partial charge in [0.2, 0.25) is 5.75 Å². The van der Waals surface area contributed by atoms with Crippen molar-refractivity contribution in [2.75, 3.05) is 11.9 Å². The largest absolute Gasteiger partial charge is 0.591 e. The van der Waals surface area contributed by atoms with Crippen LogP contribution in [0.3, 0.4) is 0 Å². The van der Waals surface area contributed by atoms with E-state index in [9.17, 15) is 14.9 Å². The van der Waals surface area contributed by atoms with Crippen LogP contribution in [-0.2, 0) is 9.78 Å². The molecule has 11 heteroatoms. The number of nitro groups is 1. The molecule has 26 heavy (non-hydrogen) atoms. The van der Waals surface area contributed by atoms with E-state index in [1.165, 1.54) is 30.3 Å². The topological polar surface area (TPSA) is 109 Å². The molecule has 0 saturated heterocycles. The highest BCUT2D eigenvalue weighted by molar-refractivity contribution is 6.44. The number of nitrogens with one attached hydrogen (secondary N) is 1. The number of carbonyl (C=O) groups is 1. The first-order chi connectivity index (χ1) is 12.5. The second-order valence-electron chi connectivity index (χ2n) is 4.60. The second kappa shape index (κ2) is 9.54. The number of nitro benzene ring substituents is 1. The maximum atomic E-state index is 11.5. The zero-order chi connectivity index (χ0) is 18.9. The van der Waals surface area contributed by atoms with Crippen molar-refractivity contribution >= 4 is 40.7 Å². The van der Waals surface area contributed by atoms with E-state index in [-0.39, 0.29) is 23.7 Å². The van der Waals surface area contributed by atoms with Gasteiger partial charge >= 0.3 is 6.16 Å². The molecule has 0 aliphatic heterocycles. The zero-order valence-electron chi connectivity index (χ0n) is 13.0. The molecule has 0 atom stereocenters. The molecule has 138 valence electrons. The Morgan fingerprint density at radius 1 is 1.08 bits per heavy atom. The van der Waals surface area contributed by atoms with Crippen LogP contribution in [0.2, 0.25) is 0 Å². The van der Waals surface area contributed by atoms with Crippen LogP contribution in [0.4, 0.5) is 16.2 Å². The molecule has 0 saturated carbocycles. The average molecular weight is 403 g/mol. The van der Waals surface area contributed by atoms with Crippen LogP contribution in [0.15, 0.2) is 48.5 Å². The smallest absolute Gasteiger partial charge is 0.379 e. The quantitative estimate of drug-likeness (QED) is 0.302. The normalized spacial score (nSPS) is 10.1. The Labute approximate surface area is 157 Å². The summed E-state index contributed by atoms with van der Waals surface area (Å²) in [5.41, 5.74) is 0.353. The van der Waals surface area contributed by atoms with Crippen LogP contribution < -0.4 is 15.1 Å². The molecule has 0 amide bonds. The maximum absolute atomic E-state index is 11.5. The number of benzene rings is 2. The molecule has 0 heterocycles. The molecule has 0 fully saturated rings. The first kappa shape index (κ1) is 19.4. The Balaban J connectivity index is 1.82. The van der Waals surface area contributed by atoms with Gasteiger partial charge in [0.15, 0.2) is 5.75 Å². The standard InChI is InChI=1S/C15H12Cl2N2O7/c16-14(17)9-18-12-3-1-2-4-13(12)24-26-15(20)25-23-11-7-5-10(6-8-11)19(21)22/h1-8,14,18H,9H2. The number of alkyl halides is 2. The Hall–Kier alpha value is -2.91. The van der Waals surface area contributed by atoms with Gasteiger partial charge in [0.05, 0.1) is 10.6 Å². The maximum Gasteiger partial charge on any atom is 0.591 e. The van der Waals surface area contributed by atoms with Gasteiger partial charge < -0.3 is 5.32 Å². The minimum Gasteiger partial charge on any atom is -0.379 e. The fraction of sp³-hybridized carbons (Fsp3) is 0.133. The van der Waals surface area contributed by atoms with E-state index >= 15 is 0 Å². The summed E-state index contributed by atoms with van der Waals surface area (Å²) in [5.74, 6) is 0.249. The van der Waals surface area contributed by atoms with Crippen LogP contribution >= 0.6 is 23.2 Å². The van der Waals surface area contributed by atoms with Crippen molar-refractivity contribution in [1.82, 2.24) is 0 Å². The Kier molecular flexibility index (Phi) is 7.12. The fourth-order valence-corrected chi connectivity index (χ4v) is 1.83. The number of anilines is 1. The van der Waals surface area contributed by atoms with Crippen LogP contribution in [0.1, 0.15) is 0 Å². The van der Waals surface area contributed by atoms with Crippen LogP contribution in [0.5, 0.6) is 11.5 Å². The van der Waals surface area contributed by atoms with Crippen LogP contribution in [0.25, 0.3) is 0 Å². The van der Waals surface area contributed by atoms with Gasteiger partial charge in [-0.15, -0.1) is 23.2 Å². The van der Waals surface area contributed by atoms with Crippen molar-refractivity contribution in [2.24, 2.45) is 0 Å². The monoisotopic (exact) mass is 402 g/mol. The van der Waals surface area contributed by atoms with Crippen molar-refractivity contribution < 1.29 is 29.3 Å². The fourth-order valence-electron chi connectivity index (χ4n) is 1.67. The SMILES string of the molecule is O=C(OOc1ccc([N+](=O)[O-])cc1)OOc1ccccc1NCC(Cl)Cl. The zero-order valence-corrected chi connectivity index (χ0v) is 14.5. The summed E-state index contributed by atoms with van der Waals surface area (Å²) < 4.78 is 0. The number of para-hydroxylation sites is 2. The molecule has 2 rings (SSSR count). The van der Waals surface area contributed by atoms with E-state index in [2.05, 4.69) is 20.0 Å². The lowest BCUT2D eigenvalue weighted by Crippen LogP contribution is -2.14. The molecule has 0 aliphatic carbocycles. The minimum absolute atomic E-state index is 0.0601. The minimum atomic E-state index is -1.29. The van der Waals surface area contributed by atoms with E-state index < -0.39 is 15.9 Å². The highest BCUT2D eigenvalue weighted by Crippen LogP contribution is 2.24.